The summed E-state index contributed by atoms with van der Waals surface area (Å²) < 4.78 is 20.2. The van der Waals surface area contributed by atoms with E-state index in [0.29, 0.717) is 17.0 Å². The number of para-hydroxylation sites is 1. The minimum absolute atomic E-state index is 0.0280. The lowest BCUT2D eigenvalue weighted by atomic mass is 10.1. The maximum absolute atomic E-state index is 14.7. The first-order chi connectivity index (χ1) is 11.1. The summed E-state index contributed by atoms with van der Waals surface area (Å²) in [5.74, 6) is -0.0817. The average molecular weight is 331 g/mol. The summed E-state index contributed by atoms with van der Waals surface area (Å²) in [5, 5.41) is 6.38. The highest BCUT2D eigenvalue weighted by atomic mass is 35.5. The van der Waals surface area contributed by atoms with Crippen LogP contribution < -0.4 is 10.3 Å². The first kappa shape index (κ1) is 15.2. The fraction of sp³-hybridized carbons (Fsp3) is 0.0588. The van der Waals surface area contributed by atoms with Crippen LogP contribution in [0.25, 0.3) is 0 Å². The van der Waals surface area contributed by atoms with Gasteiger partial charge in [0.15, 0.2) is 11.6 Å². The highest BCUT2D eigenvalue weighted by Crippen LogP contribution is 2.34. The van der Waals surface area contributed by atoms with Crippen molar-refractivity contribution in [1.29, 1.82) is 0 Å². The molecule has 0 atom stereocenters. The Balaban J connectivity index is 1.92. The monoisotopic (exact) mass is 330 g/mol. The molecule has 2 aromatic carbocycles. The summed E-state index contributed by atoms with van der Waals surface area (Å²) >= 11 is 6.05. The molecule has 0 saturated heterocycles. The smallest absolute Gasteiger partial charge is 0.264 e. The number of rotatable bonds is 4. The molecular weight excluding hydrogens is 319 g/mol. The van der Waals surface area contributed by atoms with Gasteiger partial charge in [0.1, 0.15) is 5.75 Å². The highest BCUT2D eigenvalue weighted by Gasteiger charge is 2.15. The van der Waals surface area contributed by atoms with E-state index in [2.05, 4.69) is 10.2 Å². The number of nitrogens with zero attached hydrogens (tertiary/aromatic N) is 1. The van der Waals surface area contributed by atoms with E-state index in [9.17, 15) is 9.18 Å². The van der Waals surface area contributed by atoms with Crippen LogP contribution in [0, 0.1) is 5.82 Å². The van der Waals surface area contributed by atoms with Gasteiger partial charge in [-0.3, -0.25) is 4.79 Å². The summed E-state index contributed by atoms with van der Waals surface area (Å²) in [5.41, 5.74) is 0.606. The van der Waals surface area contributed by atoms with Crippen molar-refractivity contribution < 1.29 is 9.13 Å². The average Bonchev–Trinajstić information content (AvgIpc) is 2.57. The zero-order valence-electron chi connectivity index (χ0n) is 11.9. The van der Waals surface area contributed by atoms with Crippen LogP contribution in [0.5, 0.6) is 11.5 Å². The van der Waals surface area contributed by atoms with Crippen molar-refractivity contribution in [2.24, 2.45) is 0 Å². The van der Waals surface area contributed by atoms with Gasteiger partial charge in [-0.25, -0.2) is 9.49 Å². The van der Waals surface area contributed by atoms with E-state index in [1.165, 1.54) is 6.07 Å². The van der Waals surface area contributed by atoms with Gasteiger partial charge in [0.2, 0.25) is 0 Å². The van der Waals surface area contributed by atoms with Crippen molar-refractivity contribution in [2.45, 2.75) is 6.42 Å². The molecule has 0 fully saturated rings. The number of aromatic nitrogens is 2. The normalized spacial score (nSPS) is 10.5. The van der Waals surface area contributed by atoms with E-state index in [-0.39, 0.29) is 22.8 Å². The van der Waals surface area contributed by atoms with E-state index >= 15 is 0 Å². The molecular formula is C17H12ClFN2O2. The van der Waals surface area contributed by atoms with Crippen molar-refractivity contribution >= 4 is 11.6 Å². The van der Waals surface area contributed by atoms with Crippen molar-refractivity contribution in [3.8, 4) is 11.5 Å². The predicted octanol–water partition coefficient (Wildman–Crippen LogP) is 3.95. The summed E-state index contributed by atoms with van der Waals surface area (Å²) in [7, 11) is 0. The number of benzene rings is 2. The third-order valence-corrected chi connectivity index (χ3v) is 3.50. The van der Waals surface area contributed by atoms with Gasteiger partial charge in [-0.2, -0.15) is 5.10 Å². The van der Waals surface area contributed by atoms with Crippen molar-refractivity contribution in [1.82, 2.24) is 10.2 Å². The summed E-state index contributed by atoms with van der Waals surface area (Å²) in [6.45, 7) is 0. The molecule has 0 aliphatic heterocycles. The first-order valence-electron chi connectivity index (χ1n) is 6.88. The van der Waals surface area contributed by atoms with Gasteiger partial charge < -0.3 is 4.74 Å². The molecule has 3 rings (SSSR count). The van der Waals surface area contributed by atoms with Gasteiger partial charge in [0.05, 0.1) is 10.7 Å². The van der Waals surface area contributed by atoms with E-state index in [0.717, 1.165) is 0 Å². The van der Waals surface area contributed by atoms with E-state index in [1.54, 1.807) is 42.5 Å². The van der Waals surface area contributed by atoms with Gasteiger partial charge >= 0.3 is 0 Å². The van der Waals surface area contributed by atoms with Gasteiger partial charge in [-0.05, 0) is 29.8 Å². The molecule has 4 nitrogen and oxygen atoms in total. The molecule has 0 aliphatic carbocycles. The molecule has 0 radical (unpaired) electrons. The lowest BCUT2D eigenvalue weighted by molar-refractivity contribution is 0.439. The number of nitrogens with one attached hydrogen (secondary N) is 1. The van der Waals surface area contributed by atoms with Crippen LogP contribution in [0.3, 0.4) is 0 Å². The van der Waals surface area contributed by atoms with Crippen LogP contribution >= 0.6 is 11.6 Å². The van der Waals surface area contributed by atoms with Gasteiger partial charge in [0, 0.05) is 12.5 Å². The van der Waals surface area contributed by atoms with Crippen LogP contribution in [-0.2, 0) is 6.42 Å². The number of ether oxygens (including phenoxy) is 1. The molecule has 1 aromatic heterocycles. The van der Waals surface area contributed by atoms with Crippen LogP contribution in [0.4, 0.5) is 4.39 Å². The Morgan fingerprint density at radius 3 is 2.57 bits per heavy atom. The van der Waals surface area contributed by atoms with E-state index in [1.807, 2.05) is 6.07 Å². The quantitative estimate of drug-likeness (QED) is 0.788. The third kappa shape index (κ3) is 3.57. The van der Waals surface area contributed by atoms with E-state index in [4.69, 9.17) is 16.3 Å². The molecule has 0 amide bonds. The van der Waals surface area contributed by atoms with Crippen molar-refractivity contribution in [3.05, 3.63) is 87.0 Å². The van der Waals surface area contributed by atoms with Crippen LogP contribution in [0.2, 0.25) is 5.02 Å². The molecule has 0 bridgehead atoms. The number of hydrogen-bond acceptors (Lipinski definition) is 3. The molecule has 116 valence electrons. The number of aromatic amines is 1. The predicted molar refractivity (Wildman–Crippen MR) is 85.6 cm³/mol. The van der Waals surface area contributed by atoms with Gasteiger partial charge in [-0.15, -0.1) is 0 Å². The zero-order valence-corrected chi connectivity index (χ0v) is 12.7. The second-order valence-corrected chi connectivity index (χ2v) is 5.26. The molecule has 23 heavy (non-hydrogen) atoms. The van der Waals surface area contributed by atoms with Gasteiger partial charge in [0.25, 0.3) is 5.56 Å². The van der Waals surface area contributed by atoms with Crippen LogP contribution in [0.15, 0.2) is 59.4 Å². The molecule has 0 spiro atoms. The standard InChI is InChI=1S/C17H12ClFN2O2/c18-14-8-6-11(10-12-7-9-15(22)21-20-12)16(19)17(14)23-13-4-2-1-3-5-13/h1-9H,10H2,(H,21,22). The molecule has 1 heterocycles. The minimum Gasteiger partial charge on any atom is -0.453 e. The first-order valence-corrected chi connectivity index (χ1v) is 7.25. The third-order valence-electron chi connectivity index (χ3n) is 3.20. The van der Waals surface area contributed by atoms with Crippen LogP contribution in [0.1, 0.15) is 11.3 Å². The molecule has 0 unspecified atom stereocenters. The Morgan fingerprint density at radius 1 is 1.09 bits per heavy atom. The largest absolute Gasteiger partial charge is 0.453 e. The van der Waals surface area contributed by atoms with Crippen molar-refractivity contribution in [3.63, 3.8) is 0 Å². The summed E-state index contributed by atoms with van der Waals surface area (Å²) in [4.78, 5) is 11.0. The number of H-pyrrole nitrogens is 1. The minimum atomic E-state index is -0.547. The Kier molecular flexibility index (Phi) is 4.39. The van der Waals surface area contributed by atoms with Gasteiger partial charge in [-0.1, -0.05) is 35.9 Å². The number of halogens is 2. The van der Waals surface area contributed by atoms with E-state index < -0.39 is 5.82 Å². The molecule has 0 saturated carbocycles. The second kappa shape index (κ2) is 6.62. The van der Waals surface area contributed by atoms with Crippen molar-refractivity contribution in [2.75, 3.05) is 0 Å². The maximum Gasteiger partial charge on any atom is 0.264 e. The highest BCUT2D eigenvalue weighted by molar-refractivity contribution is 6.32. The lowest BCUT2D eigenvalue weighted by Gasteiger charge is -2.11. The molecule has 3 aromatic rings. The Morgan fingerprint density at radius 2 is 1.87 bits per heavy atom. The SMILES string of the molecule is O=c1ccc(Cc2ccc(Cl)c(Oc3ccccc3)c2F)n[nH]1. The number of hydrogen-bond donors (Lipinski definition) is 1. The summed E-state index contributed by atoms with van der Waals surface area (Å²) in [6.07, 6.45) is 0.213. The zero-order chi connectivity index (χ0) is 16.2. The van der Waals surface area contributed by atoms with Crippen LogP contribution in [-0.4, -0.2) is 10.2 Å². The fourth-order valence-electron chi connectivity index (χ4n) is 2.08. The molecule has 6 heteroatoms. The topological polar surface area (TPSA) is 55.0 Å². The summed E-state index contributed by atoms with van der Waals surface area (Å²) in [6, 6.07) is 14.9. The Labute approximate surface area is 136 Å². The Hall–Kier alpha value is -2.66. The second-order valence-electron chi connectivity index (χ2n) is 4.85. The fourth-order valence-corrected chi connectivity index (χ4v) is 2.26. The lowest BCUT2D eigenvalue weighted by Crippen LogP contribution is -2.08. The maximum atomic E-state index is 14.7. The Bertz CT molecular complexity index is 861. The molecule has 1 N–H and O–H groups in total. The molecule has 0 aliphatic rings.